The number of nitrogen functional groups attached to an aromatic ring is 2. The standard InChI is InChI=1S/C21H28N10O12P2S2/c1-7-8(40-10(2-32)30-5-24-11-15(30)26-20(22)28-17(11)34)3-38-45(37,47)43-14-9(4-39-44(36,46)42-7)41-19(13(14)33)31-6-25-12-16(31)27-21(23)29-18(12)35/h5-10,13-14,19,32-33H,2-4H2,1H3,(H,36,46)(H,37,47)(H3,22,26,28,34)(H3,23,27,29,35)/t7-,8-,9-,10?,13?,14+,19?,44-,45-/m1/s1. The highest BCUT2D eigenvalue weighted by Crippen LogP contribution is 2.59. The molecule has 0 amide bonds. The van der Waals surface area contributed by atoms with Crippen LogP contribution in [0.3, 0.4) is 0 Å². The first-order valence-electron chi connectivity index (χ1n) is 13.5. The van der Waals surface area contributed by atoms with Crippen molar-refractivity contribution in [2.45, 2.75) is 49.9 Å². The molecule has 0 bridgehead atoms. The largest absolute Gasteiger partial charge is 0.392 e. The molecule has 4 aromatic heterocycles. The Morgan fingerprint density at radius 1 is 1.02 bits per heavy atom. The van der Waals surface area contributed by atoms with Gasteiger partial charge in [-0.05, 0) is 6.92 Å². The van der Waals surface area contributed by atoms with Gasteiger partial charge in [-0.2, -0.15) is 9.97 Å². The van der Waals surface area contributed by atoms with Crippen LogP contribution in [0.1, 0.15) is 19.4 Å². The summed E-state index contributed by atoms with van der Waals surface area (Å²) in [5, 5.41) is 21.5. The van der Waals surface area contributed by atoms with Gasteiger partial charge < -0.3 is 31.2 Å². The van der Waals surface area contributed by atoms with Gasteiger partial charge in [0.1, 0.15) is 24.4 Å². The summed E-state index contributed by atoms with van der Waals surface area (Å²) in [7, 11) is 0. The molecule has 22 nitrogen and oxygen atoms in total. The number of fused-ring (bicyclic) bond motifs is 3. The number of nitrogens with one attached hydrogen (secondary N) is 2. The Hall–Kier alpha value is -2.86. The van der Waals surface area contributed by atoms with E-state index in [9.17, 15) is 28.9 Å². The Morgan fingerprint density at radius 2 is 1.62 bits per heavy atom. The molecule has 8 N–H and O–H groups in total. The first-order chi connectivity index (χ1) is 22.2. The summed E-state index contributed by atoms with van der Waals surface area (Å²) in [6, 6.07) is 0. The van der Waals surface area contributed by atoms with Crippen LogP contribution >= 0.6 is 38.1 Å². The maximum Gasteiger partial charge on any atom is 0.386 e. The molecule has 0 radical (unpaired) electrons. The quantitative estimate of drug-likeness (QED) is 0.0942. The summed E-state index contributed by atoms with van der Waals surface area (Å²) in [6.45, 7) is -9.06. The Bertz CT molecular complexity index is 2020. The van der Waals surface area contributed by atoms with Crippen molar-refractivity contribution in [1.29, 1.82) is 0 Å². The molecule has 26 heteroatoms. The van der Waals surface area contributed by atoms with Crippen molar-refractivity contribution >= 4 is 72.3 Å². The lowest BCUT2D eigenvalue weighted by Crippen LogP contribution is -2.38. The minimum Gasteiger partial charge on any atom is -0.392 e. The molecule has 6 rings (SSSR count). The third-order valence-corrected chi connectivity index (χ3v) is 10.5. The fraction of sp³-hybridized carbons (Fsp3) is 0.524. The average Bonchev–Trinajstić information content (AvgIpc) is 3.67. The number of thiol groups is 2. The van der Waals surface area contributed by atoms with Gasteiger partial charge in [-0.3, -0.25) is 46.8 Å². The summed E-state index contributed by atoms with van der Waals surface area (Å²) in [6.07, 6.45) is -7.13. The molecule has 2 saturated heterocycles. The number of rotatable bonds is 5. The molecule has 0 aromatic carbocycles. The highest BCUT2D eigenvalue weighted by Gasteiger charge is 2.50. The van der Waals surface area contributed by atoms with Crippen molar-refractivity contribution < 1.29 is 46.9 Å². The van der Waals surface area contributed by atoms with E-state index in [4.69, 9.17) is 39.0 Å². The number of imidazole rings is 2. The summed E-state index contributed by atoms with van der Waals surface area (Å²) < 4.78 is 63.3. The van der Waals surface area contributed by atoms with Crippen LogP contribution < -0.4 is 22.6 Å². The zero-order chi connectivity index (χ0) is 33.8. The zero-order valence-corrected chi connectivity index (χ0v) is 27.5. The third-order valence-electron chi connectivity index (χ3n) is 7.17. The van der Waals surface area contributed by atoms with Crippen LogP contribution in [0, 0.1) is 0 Å². The number of hydrogen-bond donors (Lipinski definition) is 8. The van der Waals surface area contributed by atoms with Crippen LogP contribution in [0.4, 0.5) is 11.9 Å². The van der Waals surface area contributed by atoms with Gasteiger partial charge in [-0.1, -0.05) is 24.5 Å². The zero-order valence-electron chi connectivity index (χ0n) is 23.9. The number of H-pyrrole nitrogens is 2. The van der Waals surface area contributed by atoms with Gasteiger partial charge >= 0.3 is 13.6 Å². The van der Waals surface area contributed by atoms with Gasteiger partial charge in [-0.15, -0.1) is 0 Å². The Morgan fingerprint density at radius 3 is 2.30 bits per heavy atom. The molecule has 6 heterocycles. The molecule has 0 aliphatic carbocycles. The summed E-state index contributed by atoms with van der Waals surface area (Å²) in [4.78, 5) is 45.2. The number of aliphatic hydroxyl groups excluding tert-OH is 2. The molecule has 0 saturated carbocycles. The topological polar surface area (TPSA) is 309 Å². The molecule has 2 aliphatic heterocycles. The first-order valence-corrected chi connectivity index (χ1v) is 18.9. The van der Waals surface area contributed by atoms with Crippen LogP contribution in [0.2, 0.25) is 0 Å². The summed E-state index contributed by atoms with van der Waals surface area (Å²) in [5.41, 5.74) is 9.80. The van der Waals surface area contributed by atoms with Gasteiger partial charge in [-0.25, -0.2) is 19.1 Å². The number of aliphatic hydroxyl groups is 2. The average molecular weight is 739 g/mol. The van der Waals surface area contributed by atoms with Gasteiger partial charge in [0, 0.05) is 0 Å². The molecule has 4 aromatic rings. The van der Waals surface area contributed by atoms with Crippen LogP contribution in [-0.2, 0) is 36.7 Å². The summed E-state index contributed by atoms with van der Waals surface area (Å²) >= 11 is 8.10. The smallest absolute Gasteiger partial charge is 0.386 e. The normalized spacial score (nSPS) is 33.0. The number of anilines is 2. The highest BCUT2D eigenvalue weighted by atomic mass is 32.7. The minimum atomic E-state index is -4.37. The predicted molar refractivity (Wildman–Crippen MR) is 167 cm³/mol. The van der Waals surface area contributed by atoms with E-state index in [1.165, 1.54) is 28.7 Å². The van der Waals surface area contributed by atoms with E-state index in [-0.39, 0.29) is 34.2 Å². The second-order valence-corrected chi connectivity index (χ2v) is 16.1. The fourth-order valence-electron chi connectivity index (χ4n) is 5.01. The van der Waals surface area contributed by atoms with Crippen LogP contribution in [-0.4, -0.2) is 99.6 Å². The van der Waals surface area contributed by atoms with E-state index < -0.39 is 87.5 Å². The van der Waals surface area contributed by atoms with Crippen molar-refractivity contribution in [3.8, 4) is 0 Å². The number of nitrogens with two attached hydrogens (primary N) is 2. The molecule has 2 fully saturated rings. The fourth-order valence-corrected chi connectivity index (χ4v) is 8.10. The van der Waals surface area contributed by atoms with E-state index in [2.05, 4.69) is 54.4 Å². The molecule has 2 aliphatic rings. The van der Waals surface area contributed by atoms with E-state index in [0.717, 1.165) is 0 Å². The van der Waals surface area contributed by atoms with Crippen LogP contribution in [0.25, 0.3) is 22.3 Å². The molecule has 47 heavy (non-hydrogen) atoms. The molecular weight excluding hydrogens is 710 g/mol. The van der Waals surface area contributed by atoms with Gasteiger partial charge in [0.15, 0.2) is 34.8 Å². The molecule has 0 spiro atoms. The van der Waals surface area contributed by atoms with Crippen molar-refractivity contribution in [3.05, 3.63) is 33.4 Å². The Balaban J connectivity index is 1.27. The molecule has 256 valence electrons. The van der Waals surface area contributed by atoms with E-state index in [1.807, 2.05) is 0 Å². The third kappa shape index (κ3) is 6.86. The number of hydrogen-bond acceptors (Lipinski definition) is 18. The van der Waals surface area contributed by atoms with E-state index in [1.54, 1.807) is 0 Å². The second kappa shape index (κ2) is 12.9. The minimum absolute atomic E-state index is 0.0247. The summed E-state index contributed by atoms with van der Waals surface area (Å²) in [5.74, 6) is -0.448. The van der Waals surface area contributed by atoms with E-state index in [0.29, 0.717) is 0 Å². The van der Waals surface area contributed by atoms with Crippen molar-refractivity contribution in [1.82, 2.24) is 39.0 Å². The maximum absolute atomic E-state index is 13.5. The monoisotopic (exact) mass is 738 g/mol. The lowest BCUT2D eigenvalue weighted by atomic mass is 10.1. The van der Waals surface area contributed by atoms with Crippen molar-refractivity contribution in [3.63, 3.8) is 0 Å². The SMILES string of the molecule is C[C@H]1O[P@](=O)(S)OC[C@H]2OC(n3cnc4c(=O)[nH]c(N)nc43)C(O)[C@H]2O[P@](=O)(S)OC[C@H]1OC(CO)n1cnc2c(=O)[nH]c(N)nc21. The predicted octanol–water partition coefficient (Wildman–Crippen LogP) is -0.536. The van der Waals surface area contributed by atoms with Crippen LogP contribution in [0.15, 0.2) is 22.2 Å². The molecular formula is C21H28N10O12P2S2. The lowest BCUT2D eigenvalue weighted by Gasteiger charge is -2.32. The maximum atomic E-state index is 13.5. The molecule has 3 unspecified atom stereocenters. The van der Waals surface area contributed by atoms with Gasteiger partial charge in [0.25, 0.3) is 11.1 Å². The number of ether oxygens (including phenoxy) is 2. The molecule has 9 atom stereocenters. The Kier molecular flexibility index (Phi) is 9.32. The lowest BCUT2D eigenvalue weighted by molar-refractivity contribution is -0.127. The van der Waals surface area contributed by atoms with Crippen molar-refractivity contribution in [2.24, 2.45) is 0 Å². The Labute approximate surface area is 272 Å². The number of aromatic amines is 2. The van der Waals surface area contributed by atoms with E-state index >= 15 is 0 Å². The number of nitrogens with zero attached hydrogens (tertiary/aromatic N) is 6. The van der Waals surface area contributed by atoms with Crippen molar-refractivity contribution in [2.75, 3.05) is 31.3 Å². The van der Waals surface area contributed by atoms with Gasteiger partial charge in [0.05, 0.1) is 38.6 Å². The highest BCUT2D eigenvalue weighted by molar-refractivity contribution is 8.44. The van der Waals surface area contributed by atoms with Gasteiger partial charge in [0.2, 0.25) is 11.9 Å². The number of aromatic nitrogens is 8. The second-order valence-electron chi connectivity index (χ2n) is 10.3. The first kappa shape index (κ1) is 34.0. The van der Waals surface area contributed by atoms with Crippen LogP contribution in [0.5, 0.6) is 0 Å².